The molecular weight excluding hydrogens is 324 g/mol. The smallest absolute Gasteiger partial charge is 0.233 e. The third-order valence-corrected chi connectivity index (χ3v) is 5.18. The zero-order chi connectivity index (χ0) is 17.4. The molecular formula is C16H28N6OS. The Labute approximate surface area is 147 Å². The summed E-state index contributed by atoms with van der Waals surface area (Å²) in [5, 5.41) is 12.7. The third kappa shape index (κ3) is 5.76. The molecule has 1 aromatic rings. The van der Waals surface area contributed by atoms with Crippen molar-refractivity contribution in [1.29, 1.82) is 0 Å². The number of guanidine groups is 1. The number of aromatic nitrogens is 1. The fraction of sp³-hybridized carbons (Fsp3) is 0.688. The molecule has 0 aromatic carbocycles. The Morgan fingerprint density at radius 3 is 2.79 bits per heavy atom. The maximum Gasteiger partial charge on any atom is 0.233 e. The largest absolute Gasteiger partial charge is 0.358 e. The Bertz CT molecular complexity index is 551. The molecule has 2 rings (SSSR count). The maximum absolute atomic E-state index is 11.4. The van der Waals surface area contributed by atoms with Crippen molar-refractivity contribution in [3.63, 3.8) is 0 Å². The van der Waals surface area contributed by atoms with Gasteiger partial charge < -0.3 is 16.0 Å². The molecule has 0 bridgehead atoms. The SMILES string of the molecule is CCc1nc(CNC(=NC)NC2CCN(CC(=O)NC)CC2)cs1. The van der Waals surface area contributed by atoms with E-state index in [0.29, 0.717) is 19.1 Å². The number of likely N-dealkylation sites (N-methyl/N-ethyl adjacent to an activating group) is 1. The summed E-state index contributed by atoms with van der Waals surface area (Å²) in [6.45, 7) is 5.14. The van der Waals surface area contributed by atoms with E-state index in [2.05, 4.69) is 43.1 Å². The molecule has 1 aliphatic rings. The molecule has 0 radical (unpaired) electrons. The number of amides is 1. The highest BCUT2D eigenvalue weighted by molar-refractivity contribution is 7.09. The van der Waals surface area contributed by atoms with E-state index >= 15 is 0 Å². The fourth-order valence-electron chi connectivity index (χ4n) is 2.67. The van der Waals surface area contributed by atoms with Crippen LogP contribution in [0, 0.1) is 0 Å². The van der Waals surface area contributed by atoms with Crippen LogP contribution in [0.25, 0.3) is 0 Å². The molecule has 0 aliphatic carbocycles. The van der Waals surface area contributed by atoms with Gasteiger partial charge in [-0.3, -0.25) is 14.7 Å². The number of rotatable bonds is 6. The van der Waals surface area contributed by atoms with Gasteiger partial charge in [0, 0.05) is 38.6 Å². The lowest BCUT2D eigenvalue weighted by molar-refractivity contribution is -0.122. The number of nitrogens with zero attached hydrogens (tertiary/aromatic N) is 3. The van der Waals surface area contributed by atoms with E-state index in [1.165, 1.54) is 5.01 Å². The van der Waals surface area contributed by atoms with Gasteiger partial charge in [-0.2, -0.15) is 0 Å². The van der Waals surface area contributed by atoms with Gasteiger partial charge in [0.05, 0.1) is 23.8 Å². The molecule has 2 heterocycles. The van der Waals surface area contributed by atoms with Crippen LogP contribution in [0.15, 0.2) is 10.4 Å². The van der Waals surface area contributed by atoms with Gasteiger partial charge in [-0.1, -0.05) is 6.92 Å². The minimum Gasteiger partial charge on any atom is -0.358 e. The molecule has 1 saturated heterocycles. The van der Waals surface area contributed by atoms with Gasteiger partial charge in [0.25, 0.3) is 0 Å². The van der Waals surface area contributed by atoms with Crippen LogP contribution >= 0.6 is 11.3 Å². The molecule has 3 N–H and O–H groups in total. The summed E-state index contributed by atoms with van der Waals surface area (Å²) in [4.78, 5) is 22.5. The Morgan fingerprint density at radius 2 is 2.21 bits per heavy atom. The van der Waals surface area contributed by atoms with Crippen LogP contribution in [0.4, 0.5) is 0 Å². The van der Waals surface area contributed by atoms with E-state index in [9.17, 15) is 4.79 Å². The molecule has 0 atom stereocenters. The highest BCUT2D eigenvalue weighted by atomic mass is 32.1. The standard InChI is InChI=1S/C16H28N6OS/c1-4-15-20-13(11-24-15)9-19-16(18-3)21-12-5-7-22(8-6-12)10-14(23)17-2/h11-12H,4-10H2,1-3H3,(H,17,23)(H2,18,19,21). The van der Waals surface area contributed by atoms with E-state index in [0.717, 1.165) is 44.0 Å². The van der Waals surface area contributed by atoms with Crippen LogP contribution in [-0.4, -0.2) is 61.5 Å². The quantitative estimate of drug-likeness (QED) is 0.515. The number of piperidine rings is 1. The molecule has 0 spiro atoms. The van der Waals surface area contributed by atoms with Crippen LogP contribution in [0.1, 0.15) is 30.5 Å². The molecule has 1 aliphatic heterocycles. The molecule has 1 fully saturated rings. The zero-order valence-electron chi connectivity index (χ0n) is 14.8. The Morgan fingerprint density at radius 1 is 1.46 bits per heavy atom. The number of likely N-dealkylation sites (tertiary alicyclic amines) is 1. The predicted molar refractivity (Wildman–Crippen MR) is 98.4 cm³/mol. The van der Waals surface area contributed by atoms with Gasteiger partial charge in [0.2, 0.25) is 5.91 Å². The molecule has 24 heavy (non-hydrogen) atoms. The van der Waals surface area contributed by atoms with Crippen molar-refractivity contribution in [3.8, 4) is 0 Å². The second kappa shape index (κ2) is 9.58. The Hall–Kier alpha value is -1.67. The van der Waals surface area contributed by atoms with Crippen molar-refractivity contribution in [2.75, 3.05) is 33.7 Å². The number of aryl methyl sites for hydroxylation is 1. The summed E-state index contributed by atoms with van der Waals surface area (Å²) in [5.74, 6) is 0.888. The van der Waals surface area contributed by atoms with Gasteiger partial charge in [0.15, 0.2) is 5.96 Å². The molecule has 1 aromatic heterocycles. The first-order chi connectivity index (χ1) is 11.6. The van der Waals surface area contributed by atoms with E-state index < -0.39 is 0 Å². The van der Waals surface area contributed by atoms with Crippen LogP contribution in [0.2, 0.25) is 0 Å². The first kappa shape index (κ1) is 18.7. The normalized spacial score (nSPS) is 16.9. The minimum atomic E-state index is 0.0774. The van der Waals surface area contributed by atoms with E-state index in [1.54, 1.807) is 25.4 Å². The van der Waals surface area contributed by atoms with Crippen LogP contribution < -0.4 is 16.0 Å². The van der Waals surface area contributed by atoms with Crippen LogP contribution in [0.5, 0.6) is 0 Å². The number of nitrogens with one attached hydrogen (secondary N) is 3. The number of hydrogen-bond donors (Lipinski definition) is 3. The molecule has 0 saturated carbocycles. The van der Waals surface area contributed by atoms with Gasteiger partial charge >= 0.3 is 0 Å². The number of aliphatic imine (C=N–C) groups is 1. The van der Waals surface area contributed by atoms with E-state index in [4.69, 9.17) is 0 Å². The molecule has 1 amide bonds. The zero-order valence-corrected chi connectivity index (χ0v) is 15.6. The highest BCUT2D eigenvalue weighted by Crippen LogP contribution is 2.11. The number of carbonyl (C=O) groups excluding carboxylic acids is 1. The summed E-state index contributed by atoms with van der Waals surface area (Å²) >= 11 is 1.70. The topological polar surface area (TPSA) is 81.7 Å². The van der Waals surface area contributed by atoms with Crippen LogP contribution in [0.3, 0.4) is 0 Å². The molecule has 8 heteroatoms. The van der Waals surface area contributed by atoms with Crippen molar-refractivity contribution in [2.24, 2.45) is 4.99 Å². The Kier molecular flexibility index (Phi) is 7.45. The van der Waals surface area contributed by atoms with E-state index in [1.807, 2.05) is 0 Å². The lowest BCUT2D eigenvalue weighted by Crippen LogP contribution is -2.49. The first-order valence-electron chi connectivity index (χ1n) is 8.48. The van der Waals surface area contributed by atoms with Crippen molar-refractivity contribution in [2.45, 2.75) is 38.8 Å². The average molecular weight is 353 g/mol. The van der Waals surface area contributed by atoms with Crippen LogP contribution in [-0.2, 0) is 17.8 Å². The van der Waals surface area contributed by atoms with Gasteiger partial charge in [-0.15, -0.1) is 11.3 Å². The summed E-state index contributed by atoms with van der Waals surface area (Å²) in [7, 11) is 3.46. The van der Waals surface area contributed by atoms with Gasteiger partial charge in [-0.05, 0) is 19.3 Å². The Balaban J connectivity index is 1.72. The summed E-state index contributed by atoms with van der Waals surface area (Å²) < 4.78 is 0. The third-order valence-electron chi connectivity index (χ3n) is 4.14. The maximum atomic E-state index is 11.4. The van der Waals surface area contributed by atoms with Crippen molar-refractivity contribution >= 4 is 23.2 Å². The molecule has 0 unspecified atom stereocenters. The van der Waals surface area contributed by atoms with Crippen molar-refractivity contribution < 1.29 is 4.79 Å². The number of thiazole rings is 1. The minimum absolute atomic E-state index is 0.0774. The fourth-order valence-corrected chi connectivity index (χ4v) is 3.42. The molecule has 134 valence electrons. The van der Waals surface area contributed by atoms with Crippen molar-refractivity contribution in [3.05, 3.63) is 16.1 Å². The predicted octanol–water partition coefficient (Wildman–Crippen LogP) is 0.581. The second-order valence-electron chi connectivity index (χ2n) is 5.88. The summed E-state index contributed by atoms with van der Waals surface area (Å²) in [6.07, 6.45) is 3.00. The number of hydrogen-bond acceptors (Lipinski definition) is 5. The van der Waals surface area contributed by atoms with E-state index in [-0.39, 0.29) is 5.91 Å². The summed E-state index contributed by atoms with van der Waals surface area (Å²) in [5.41, 5.74) is 1.06. The highest BCUT2D eigenvalue weighted by Gasteiger charge is 2.21. The molecule has 7 nitrogen and oxygen atoms in total. The number of carbonyl (C=O) groups is 1. The monoisotopic (exact) mass is 352 g/mol. The average Bonchev–Trinajstić information content (AvgIpc) is 3.08. The summed E-state index contributed by atoms with van der Waals surface area (Å²) in [6, 6.07) is 0.388. The second-order valence-corrected chi connectivity index (χ2v) is 6.82. The lowest BCUT2D eigenvalue weighted by atomic mass is 10.1. The van der Waals surface area contributed by atoms with Gasteiger partial charge in [0.1, 0.15) is 0 Å². The lowest BCUT2D eigenvalue weighted by Gasteiger charge is -2.32. The first-order valence-corrected chi connectivity index (χ1v) is 9.36. The van der Waals surface area contributed by atoms with Crippen molar-refractivity contribution in [1.82, 2.24) is 25.8 Å². The van der Waals surface area contributed by atoms with Gasteiger partial charge in [-0.25, -0.2) is 4.98 Å².